The maximum absolute atomic E-state index is 12.0. The molecule has 0 spiro atoms. The van der Waals surface area contributed by atoms with Gasteiger partial charge in [-0.05, 0) is 30.2 Å². The molecule has 0 saturated carbocycles. The molecule has 0 fully saturated rings. The molecule has 0 saturated heterocycles. The summed E-state index contributed by atoms with van der Waals surface area (Å²) < 4.78 is 1.59. The maximum atomic E-state index is 12.0. The van der Waals surface area contributed by atoms with Gasteiger partial charge in [0.05, 0.1) is 12.1 Å². The molecule has 110 valence electrons. The second kappa shape index (κ2) is 6.74. The van der Waals surface area contributed by atoms with E-state index in [1.54, 1.807) is 29.0 Å². The minimum atomic E-state index is -0.137. The van der Waals surface area contributed by atoms with Gasteiger partial charge in [-0.15, -0.1) is 0 Å². The lowest BCUT2D eigenvalue weighted by Gasteiger charge is -2.09. The van der Waals surface area contributed by atoms with Crippen molar-refractivity contribution in [2.45, 2.75) is 26.3 Å². The Bertz CT molecular complexity index is 692. The van der Waals surface area contributed by atoms with E-state index in [9.17, 15) is 9.59 Å². The Morgan fingerprint density at radius 1 is 1.29 bits per heavy atom. The summed E-state index contributed by atoms with van der Waals surface area (Å²) in [4.78, 5) is 23.6. The van der Waals surface area contributed by atoms with Crippen LogP contribution in [0.5, 0.6) is 0 Å². The molecule has 0 atom stereocenters. The van der Waals surface area contributed by atoms with Crippen molar-refractivity contribution in [1.82, 2.24) is 4.57 Å². The number of aromatic nitrogens is 1. The van der Waals surface area contributed by atoms with E-state index in [2.05, 4.69) is 5.32 Å². The molecule has 0 aliphatic heterocycles. The molecule has 1 aromatic carbocycles. The minimum Gasteiger partial charge on any atom is -0.399 e. The van der Waals surface area contributed by atoms with Crippen LogP contribution >= 0.6 is 0 Å². The number of anilines is 2. The van der Waals surface area contributed by atoms with Crippen molar-refractivity contribution in [2.75, 3.05) is 11.1 Å². The lowest BCUT2D eigenvalue weighted by molar-refractivity contribution is -0.115. The van der Waals surface area contributed by atoms with Gasteiger partial charge in [-0.25, -0.2) is 0 Å². The molecule has 5 heteroatoms. The zero-order chi connectivity index (χ0) is 15.2. The van der Waals surface area contributed by atoms with Gasteiger partial charge in [0.15, 0.2) is 0 Å². The van der Waals surface area contributed by atoms with E-state index in [0.29, 0.717) is 17.9 Å². The van der Waals surface area contributed by atoms with Gasteiger partial charge >= 0.3 is 0 Å². The topological polar surface area (TPSA) is 77.1 Å². The Morgan fingerprint density at radius 3 is 2.81 bits per heavy atom. The predicted octanol–water partition coefficient (Wildman–Crippen LogP) is 2.02. The van der Waals surface area contributed by atoms with Crippen molar-refractivity contribution in [3.8, 4) is 0 Å². The first-order valence-electron chi connectivity index (χ1n) is 6.93. The Labute approximate surface area is 123 Å². The van der Waals surface area contributed by atoms with E-state index in [-0.39, 0.29) is 17.9 Å². The number of carbonyl (C=O) groups is 1. The summed E-state index contributed by atoms with van der Waals surface area (Å²) in [5.41, 5.74) is 7.74. The molecule has 0 radical (unpaired) electrons. The van der Waals surface area contributed by atoms with Crippen molar-refractivity contribution in [3.63, 3.8) is 0 Å². The number of hydrogen-bond acceptors (Lipinski definition) is 3. The normalized spacial score (nSPS) is 10.3. The molecule has 2 rings (SSSR count). The number of aryl methyl sites for hydroxylation is 1. The predicted molar refractivity (Wildman–Crippen MR) is 84.2 cm³/mol. The van der Waals surface area contributed by atoms with Crippen molar-refractivity contribution in [2.24, 2.45) is 0 Å². The Kier molecular flexibility index (Phi) is 4.77. The molecule has 0 aliphatic rings. The molecule has 1 amide bonds. The average Bonchev–Trinajstić information content (AvgIpc) is 2.43. The maximum Gasteiger partial charge on any atom is 0.250 e. The first-order chi connectivity index (χ1) is 10.1. The van der Waals surface area contributed by atoms with Gasteiger partial charge in [0, 0.05) is 24.5 Å². The number of hydrogen-bond donors (Lipinski definition) is 2. The zero-order valence-electron chi connectivity index (χ0n) is 12.0. The van der Waals surface area contributed by atoms with E-state index in [4.69, 9.17) is 5.73 Å². The summed E-state index contributed by atoms with van der Waals surface area (Å²) in [6.45, 7) is 2.63. The van der Waals surface area contributed by atoms with Gasteiger partial charge in [-0.1, -0.05) is 19.1 Å². The van der Waals surface area contributed by atoms with Crippen molar-refractivity contribution in [3.05, 3.63) is 58.5 Å². The quantitative estimate of drug-likeness (QED) is 0.825. The highest BCUT2D eigenvalue weighted by molar-refractivity contribution is 5.92. The highest BCUT2D eigenvalue weighted by Gasteiger charge is 2.05. The summed E-state index contributed by atoms with van der Waals surface area (Å²) in [6.07, 6.45) is 2.78. The third-order valence-corrected chi connectivity index (χ3v) is 3.05. The fourth-order valence-electron chi connectivity index (χ4n) is 2.11. The van der Waals surface area contributed by atoms with Crippen LogP contribution in [0.1, 0.15) is 18.9 Å². The fourth-order valence-corrected chi connectivity index (χ4v) is 2.11. The van der Waals surface area contributed by atoms with Crippen LogP contribution in [0.4, 0.5) is 11.4 Å². The molecule has 21 heavy (non-hydrogen) atoms. The van der Waals surface area contributed by atoms with E-state index >= 15 is 0 Å². The third-order valence-electron chi connectivity index (χ3n) is 3.05. The van der Waals surface area contributed by atoms with Crippen molar-refractivity contribution < 1.29 is 4.79 Å². The fraction of sp³-hybridized carbons (Fsp3) is 0.250. The number of amides is 1. The number of benzene rings is 1. The summed E-state index contributed by atoms with van der Waals surface area (Å²) in [5, 5.41) is 2.80. The second-order valence-corrected chi connectivity index (χ2v) is 4.92. The van der Waals surface area contributed by atoms with Crippen molar-refractivity contribution >= 4 is 17.3 Å². The number of nitrogens with two attached hydrogens (primary N) is 1. The van der Waals surface area contributed by atoms with Crippen LogP contribution in [0.25, 0.3) is 0 Å². The summed E-state index contributed by atoms with van der Waals surface area (Å²) >= 11 is 0. The number of nitrogens with one attached hydrogen (secondary N) is 1. The first-order valence-corrected chi connectivity index (χ1v) is 6.93. The van der Waals surface area contributed by atoms with Gasteiger partial charge in [-0.3, -0.25) is 9.59 Å². The van der Waals surface area contributed by atoms with Gasteiger partial charge in [-0.2, -0.15) is 0 Å². The molecule has 2 aromatic rings. The summed E-state index contributed by atoms with van der Waals surface area (Å²) in [6, 6.07) is 10.3. The van der Waals surface area contributed by atoms with Crippen LogP contribution in [0.2, 0.25) is 0 Å². The average molecular weight is 285 g/mol. The highest BCUT2D eigenvalue weighted by Crippen LogP contribution is 2.09. The number of carbonyl (C=O) groups excluding carboxylic acids is 1. The molecule has 0 aliphatic carbocycles. The number of pyridine rings is 1. The van der Waals surface area contributed by atoms with Crippen LogP contribution in [0.3, 0.4) is 0 Å². The van der Waals surface area contributed by atoms with Gasteiger partial charge in [0.1, 0.15) is 0 Å². The van der Waals surface area contributed by atoms with Crippen LogP contribution in [-0.2, 0) is 17.8 Å². The Hall–Kier alpha value is -2.56. The molecular formula is C16H19N3O2. The zero-order valence-corrected chi connectivity index (χ0v) is 12.0. The summed E-state index contributed by atoms with van der Waals surface area (Å²) in [5.74, 6) is -0.137. The van der Waals surface area contributed by atoms with Crippen LogP contribution in [-0.4, -0.2) is 10.5 Å². The van der Waals surface area contributed by atoms with E-state index in [0.717, 1.165) is 12.0 Å². The molecule has 1 aromatic heterocycles. The van der Waals surface area contributed by atoms with Gasteiger partial charge in [0.2, 0.25) is 5.91 Å². The molecule has 5 nitrogen and oxygen atoms in total. The summed E-state index contributed by atoms with van der Waals surface area (Å²) in [7, 11) is 0. The van der Waals surface area contributed by atoms with Crippen molar-refractivity contribution in [1.29, 1.82) is 0 Å². The number of rotatable bonds is 5. The van der Waals surface area contributed by atoms with Crippen LogP contribution < -0.4 is 16.6 Å². The minimum absolute atomic E-state index is 0.0642. The lowest BCUT2D eigenvalue weighted by Crippen LogP contribution is -2.21. The van der Waals surface area contributed by atoms with Crippen LogP contribution in [0, 0.1) is 0 Å². The first kappa shape index (κ1) is 14.8. The largest absolute Gasteiger partial charge is 0.399 e. The molecule has 0 unspecified atom stereocenters. The molecule has 0 bridgehead atoms. The highest BCUT2D eigenvalue weighted by atomic mass is 16.1. The number of nitrogens with zero attached hydrogens (tertiary/aromatic N) is 1. The van der Waals surface area contributed by atoms with E-state index < -0.39 is 0 Å². The standard InChI is InChI=1S/C16H19N3O2/c1-2-8-19-11-14(6-7-16(19)21)18-15(20)10-12-4-3-5-13(17)9-12/h3-7,9,11H,2,8,10,17H2,1H3,(H,18,20). The lowest BCUT2D eigenvalue weighted by atomic mass is 10.1. The monoisotopic (exact) mass is 285 g/mol. The molecular weight excluding hydrogens is 266 g/mol. The third kappa shape index (κ3) is 4.21. The Balaban J connectivity index is 2.06. The van der Waals surface area contributed by atoms with E-state index in [1.165, 1.54) is 6.07 Å². The van der Waals surface area contributed by atoms with Crippen LogP contribution in [0.15, 0.2) is 47.4 Å². The Morgan fingerprint density at radius 2 is 2.10 bits per heavy atom. The number of nitrogen functional groups attached to an aromatic ring is 1. The molecule has 1 heterocycles. The van der Waals surface area contributed by atoms with Gasteiger partial charge < -0.3 is 15.6 Å². The second-order valence-electron chi connectivity index (χ2n) is 4.92. The van der Waals surface area contributed by atoms with E-state index in [1.807, 2.05) is 19.1 Å². The molecule has 3 N–H and O–H groups in total. The smallest absolute Gasteiger partial charge is 0.250 e. The van der Waals surface area contributed by atoms with Gasteiger partial charge in [0.25, 0.3) is 5.56 Å². The SMILES string of the molecule is CCCn1cc(NC(=O)Cc2cccc(N)c2)ccc1=O.